The van der Waals surface area contributed by atoms with E-state index in [0.717, 1.165) is 18.0 Å². The summed E-state index contributed by atoms with van der Waals surface area (Å²) in [6, 6.07) is 1.77. The molecule has 2 aliphatic rings. The van der Waals surface area contributed by atoms with Crippen molar-refractivity contribution in [1.82, 2.24) is 5.32 Å². The molecule has 2 atom stereocenters. The van der Waals surface area contributed by atoms with Gasteiger partial charge in [0.25, 0.3) is 0 Å². The Morgan fingerprint density at radius 1 is 1.17 bits per heavy atom. The molecule has 0 amide bonds. The molecule has 2 heterocycles. The zero-order chi connectivity index (χ0) is 8.39. The average molecular weight is 167 g/mol. The lowest BCUT2D eigenvalue weighted by Gasteiger charge is -2.40. The molecule has 0 spiro atoms. The number of piperidine rings is 2. The van der Waals surface area contributed by atoms with E-state index < -0.39 is 0 Å². The molecule has 0 radical (unpaired) electrons. The summed E-state index contributed by atoms with van der Waals surface area (Å²) in [6.45, 7) is 2.32. The quantitative estimate of drug-likeness (QED) is 0.667. The van der Waals surface area contributed by atoms with Gasteiger partial charge in [-0.2, -0.15) is 0 Å². The zero-order valence-electron chi connectivity index (χ0n) is 8.18. The fourth-order valence-electron chi connectivity index (χ4n) is 3.03. The van der Waals surface area contributed by atoms with Gasteiger partial charge in [-0.25, -0.2) is 0 Å². The fourth-order valence-corrected chi connectivity index (χ4v) is 3.03. The molecule has 2 fully saturated rings. The molecule has 0 aromatic carbocycles. The zero-order valence-corrected chi connectivity index (χ0v) is 8.18. The second-order valence-corrected chi connectivity index (χ2v) is 4.62. The van der Waals surface area contributed by atoms with E-state index in [-0.39, 0.29) is 0 Å². The number of hydrogen-bond acceptors (Lipinski definition) is 1. The second-order valence-electron chi connectivity index (χ2n) is 4.62. The van der Waals surface area contributed by atoms with E-state index in [1.807, 2.05) is 0 Å². The van der Waals surface area contributed by atoms with Gasteiger partial charge in [-0.05, 0) is 31.6 Å². The van der Waals surface area contributed by atoms with E-state index in [1.54, 1.807) is 0 Å². The molecule has 0 aromatic rings. The summed E-state index contributed by atoms with van der Waals surface area (Å²) in [6.07, 6.45) is 10.1. The predicted molar refractivity (Wildman–Crippen MR) is 52.2 cm³/mol. The lowest BCUT2D eigenvalue weighted by atomic mass is 9.78. The van der Waals surface area contributed by atoms with Gasteiger partial charge in [-0.3, -0.25) is 0 Å². The molecule has 2 rings (SSSR count). The molecule has 2 unspecified atom stereocenters. The van der Waals surface area contributed by atoms with Crippen LogP contribution in [0.5, 0.6) is 0 Å². The van der Waals surface area contributed by atoms with E-state index >= 15 is 0 Å². The molecule has 2 aliphatic heterocycles. The highest BCUT2D eigenvalue weighted by molar-refractivity contribution is 4.88. The van der Waals surface area contributed by atoms with Gasteiger partial charge in [-0.1, -0.05) is 26.2 Å². The standard InChI is InChI=1S/C11H21N/c1-2-4-9-7-10-5-3-6-11(8-9)12-10/h9-12H,2-8H2,1H3. The van der Waals surface area contributed by atoms with E-state index in [2.05, 4.69) is 12.2 Å². The normalized spacial score (nSPS) is 41.2. The monoisotopic (exact) mass is 167 g/mol. The maximum atomic E-state index is 3.74. The van der Waals surface area contributed by atoms with Gasteiger partial charge in [0.2, 0.25) is 0 Å². The molecular weight excluding hydrogens is 146 g/mol. The number of fused-ring (bicyclic) bond motifs is 2. The summed E-state index contributed by atoms with van der Waals surface area (Å²) < 4.78 is 0. The minimum Gasteiger partial charge on any atom is -0.311 e. The van der Waals surface area contributed by atoms with Crippen LogP contribution < -0.4 is 5.32 Å². The third-order valence-electron chi connectivity index (χ3n) is 3.51. The van der Waals surface area contributed by atoms with Crippen LogP contribution in [-0.4, -0.2) is 12.1 Å². The van der Waals surface area contributed by atoms with Crippen molar-refractivity contribution in [2.75, 3.05) is 0 Å². The second kappa shape index (κ2) is 3.78. The summed E-state index contributed by atoms with van der Waals surface area (Å²) in [5, 5.41) is 3.74. The van der Waals surface area contributed by atoms with Crippen molar-refractivity contribution < 1.29 is 0 Å². The first-order valence-corrected chi connectivity index (χ1v) is 5.64. The molecule has 1 nitrogen and oxygen atoms in total. The van der Waals surface area contributed by atoms with Crippen LogP contribution in [0.1, 0.15) is 51.9 Å². The van der Waals surface area contributed by atoms with E-state index in [4.69, 9.17) is 0 Å². The average Bonchev–Trinajstić information content (AvgIpc) is 2.04. The third-order valence-corrected chi connectivity index (χ3v) is 3.51. The van der Waals surface area contributed by atoms with E-state index in [9.17, 15) is 0 Å². The summed E-state index contributed by atoms with van der Waals surface area (Å²) in [7, 11) is 0. The minimum atomic E-state index is 0.883. The number of hydrogen-bond donors (Lipinski definition) is 1. The summed E-state index contributed by atoms with van der Waals surface area (Å²) in [5.74, 6) is 1.05. The Labute approximate surface area is 75.9 Å². The number of rotatable bonds is 2. The molecule has 2 bridgehead atoms. The van der Waals surface area contributed by atoms with Gasteiger partial charge in [0.1, 0.15) is 0 Å². The van der Waals surface area contributed by atoms with Gasteiger partial charge in [0.15, 0.2) is 0 Å². The maximum absolute atomic E-state index is 3.74. The van der Waals surface area contributed by atoms with Gasteiger partial charge >= 0.3 is 0 Å². The van der Waals surface area contributed by atoms with Crippen molar-refractivity contribution in [2.24, 2.45) is 5.92 Å². The molecule has 0 aliphatic carbocycles. The highest BCUT2D eigenvalue weighted by Gasteiger charge is 2.30. The molecule has 0 saturated carbocycles. The largest absolute Gasteiger partial charge is 0.311 e. The first kappa shape index (κ1) is 8.55. The predicted octanol–water partition coefficient (Wildman–Crippen LogP) is 2.71. The van der Waals surface area contributed by atoms with E-state index in [0.29, 0.717) is 0 Å². The summed E-state index contributed by atoms with van der Waals surface area (Å²) >= 11 is 0. The lowest BCUT2D eigenvalue weighted by molar-refractivity contribution is 0.178. The Bertz CT molecular complexity index is 132. The fraction of sp³-hybridized carbons (Fsp3) is 1.00. The Morgan fingerprint density at radius 2 is 1.83 bits per heavy atom. The van der Waals surface area contributed by atoms with Crippen LogP contribution in [0.4, 0.5) is 0 Å². The van der Waals surface area contributed by atoms with Gasteiger partial charge in [-0.15, -0.1) is 0 Å². The van der Waals surface area contributed by atoms with Gasteiger partial charge in [0.05, 0.1) is 0 Å². The van der Waals surface area contributed by atoms with Crippen LogP contribution in [0.25, 0.3) is 0 Å². The van der Waals surface area contributed by atoms with Crippen molar-refractivity contribution in [3.05, 3.63) is 0 Å². The molecular formula is C11H21N. The molecule has 12 heavy (non-hydrogen) atoms. The van der Waals surface area contributed by atoms with Crippen molar-refractivity contribution in [3.8, 4) is 0 Å². The molecule has 1 N–H and O–H groups in total. The van der Waals surface area contributed by atoms with Crippen molar-refractivity contribution in [3.63, 3.8) is 0 Å². The SMILES string of the molecule is CCCC1CC2CCCC(C1)N2. The summed E-state index contributed by atoms with van der Waals surface area (Å²) in [4.78, 5) is 0. The molecule has 1 heteroatoms. The number of nitrogens with one attached hydrogen (secondary N) is 1. The van der Waals surface area contributed by atoms with Gasteiger partial charge in [0, 0.05) is 12.1 Å². The smallest absolute Gasteiger partial charge is 0.00723 e. The van der Waals surface area contributed by atoms with Crippen LogP contribution in [-0.2, 0) is 0 Å². The highest BCUT2D eigenvalue weighted by Crippen LogP contribution is 2.31. The lowest BCUT2D eigenvalue weighted by Crippen LogP contribution is -2.48. The highest BCUT2D eigenvalue weighted by atomic mass is 15.0. The molecule has 2 saturated heterocycles. The Balaban J connectivity index is 1.87. The van der Waals surface area contributed by atoms with Gasteiger partial charge < -0.3 is 5.32 Å². The van der Waals surface area contributed by atoms with Crippen molar-refractivity contribution >= 4 is 0 Å². The molecule has 70 valence electrons. The molecule has 0 aromatic heterocycles. The minimum absolute atomic E-state index is 0.883. The Hall–Kier alpha value is -0.0400. The third kappa shape index (κ3) is 1.82. The van der Waals surface area contributed by atoms with Crippen LogP contribution in [0.2, 0.25) is 0 Å². The first-order chi connectivity index (χ1) is 5.88. The van der Waals surface area contributed by atoms with Crippen molar-refractivity contribution in [1.29, 1.82) is 0 Å². The topological polar surface area (TPSA) is 12.0 Å². The maximum Gasteiger partial charge on any atom is 0.00723 e. The Morgan fingerprint density at radius 3 is 2.42 bits per heavy atom. The van der Waals surface area contributed by atoms with Crippen LogP contribution in [0, 0.1) is 5.92 Å². The van der Waals surface area contributed by atoms with Crippen molar-refractivity contribution in [2.45, 2.75) is 64.0 Å². The Kier molecular flexibility index (Phi) is 2.69. The van der Waals surface area contributed by atoms with Crippen LogP contribution in [0.15, 0.2) is 0 Å². The summed E-state index contributed by atoms with van der Waals surface area (Å²) in [5.41, 5.74) is 0. The first-order valence-electron chi connectivity index (χ1n) is 5.64. The van der Waals surface area contributed by atoms with E-state index in [1.165, 1.54) is 44.9 Å². The van der Waals surface area contributed by atoms with Crippen LogP contribution in [0.3, 0.4) is 0 Å². The van der Waals surface area contributed by atoms with Crippen LogP contribution >= 0.6 is 0 Å².